The van der Waals surface area contributed by atoms with Gasteiger partial charge in [-0.15, -0.1) is 0 Å². The Kier molecular flexibility index (Phi) is 4.53. The first-order valence-electron chi connectivity index (χ1n) is 6.51. The largest absolute Gasteiger partial charge is 0.496 e. The summed E-state index contributed by atoms with van der Waals surface area (Å²) in [6.45, 7) is 4.30. The molecule has 100 valence electrons. The number of methoxy groups -OCH3 is 1. The molecule has 1 aromatic heterocycles. The van der Waals surface area contributed by atoms with E-state index in [9.17, 15) is 0 Å². The number of nitrogens with one attached hydrogen (secondary N) is 1. The van der Waals surface area contributed by atoms with Gasteiger partial charge >= 0.3 is 0 Å². The SMILES string of the molecule is COc1ccccc1C(C)N[C@H](C)c1ccncc1. The van der Waals surface area contributed by atoms with Gasteiger partial charge in [0, 0.05) is 30.0 Å². The molecule has 0 bridgehead atoms. The van der Waals surface area contributed by atoms with Gasteiger partial charge in [-0.2, -0.15) is 0 Å². The summed E-state index contributed by atoms with van der Waals surface area (Å²) in [6.07, 6.45) is 3.64. The summed E-state index contributed by atoms with van der Waals surface area (Å²) >= 11 is 0. The van der Waals surface area contributed by atoms with E-state index in [0.717, 1.165) is 5.75 Å². The van der Waals surface area contributed by atoms with Crippen molar-refractivity contribution in [2.75, 3.05) is 7.11 Å². The highest BCUT2D eigenvalue weighted by Crippen LogP contribution is 2.26. The quantitative estimate of drug-likeness (QED) is 0.889. The zero-order valence-corrected chi connectivity index (χ0v) is 11.6. The van der Waals surface area contributed by atoms with Crippen LogP contribution in [0.5, 0.6) is 5.75 Å². The van der Waals surface area contributed by atoms with Crippen molar-refractivity contribution in [1.82, 2.24) is 10.3 Å². The summed E-state index contributed by atoms with van der Waals surface area (Å²) < 4.78 is 5.40. The van der Waals surface area contributed by atoms with Crippen molar-refractivity contribution >= 4 is 0 Å². The average Bonchev–Trinajstić information content (AvgIpc) is 2.48. The number of hydrogen-bond donors (Lipinski definition) is 1. The van der Waals surface area contributed by atoms with Crippen LogP contribution in [0, 0.1) is 0 Å². The van der Waals surface area contributed by atoms with Gasteiger partial charge in [0.15, 0.2) is 0 Å². The Morgan fingerprint density at radius 2 is 1.68 bits per heavy atom. The molecule has 1 heterocycles. The summed E-state index contributed by atoms with van der Waals surface area (Å²) in [6, 6.07) is 12.7. The van der Waals surface area contributed by atoms with E-state index in [-0.39, 0.29) is 12.1 Å². The average molecular weight is 256 g/mol. The molecule has 3 nitrogen and oxygen atoms in total. The van der Waals surface area contributed by atoms with Crippen LogP contribution < -0.4 is 10.1 Å². The maximum Gasteiger partial charge on any atom is 0.123 e. The van der Waals surface area contributed by atoms with E-state index in [1.54, 1.807) is 7.11 Å². The Hall–Kier alpha value is -1.87. The summed E-state index contributed by atoms with van der Waals surface area (Å²) in [4.78, 5) is 4.04. The molecule has 2 aromatic rings. The van der Waals surface area contributed by atoms with Crippen molar-refractivity contribution in [3.8, 4) is 5.75 Å². The van der Waals surface area contributed by atoms with Gasteiger partial charge in [0.25, 0.3) is 0 Å². The highest BCUT2D eigenvalue weighted by molar-refractivity contribution is 5.35. The topological polar surface area (TPSA) is 34.1 Å². The number of rotatable bonds is 5. The molecule has 1 unspecified atom stereocenters. The fourth-order valence-electron chi connectivity index (χ4n) is 2.24. The third-order valence-corrected chi connectivity index (χ3v) is 3.31. The molecule has 0 fully saturated rings. The van der Waals surface area contributed by atoms with Gasteiger partial charge in [-0.05, 0) is 37.6 Å². The van der Waals surface area contributed by atoms with Crippen LogP contribution in [0.15, 0.2) is 48.8 Å². The Morgan fingerprint density at radius 1 is 1.00 bits per heavy atom. The summed E-state index contributed by atoms with van der Waals surface area (Å²) in [5, 5.41) is 3.58. The second-order valence-corrected chi connectivity index (χ2v) is 4.63. The molecule has 3 heteroatoms. The molecule has 1 aromatic carbocycles. The highest BCUT2D eigenvalue weighted by atomic mass is 16.5. The number of para-hydroxylation sites is 1. The van der Waals surface area contributed by atoms with E-state index in [1.165, 1.54) is 11.1 Å². The van der Waals surface area contributed by atoms with Crippen molar-refractivity contribution in [2.24, 2.45) is 0 Å². The lowest BCUT2D eigenvalue weighted by molar-refractivity contribution is 0.396. The van der Waals surface area contributed by atoms with Gasteiger partial charge in [0.1, 0.15) is 5.75 Å². The molecule has 0 saturated heterocycles. The molecule has 0 aliphatic heterocycles. The Bertz CT molecular complexity index is 513. The maximum absolute atomic E-state index is 5.40. The van der Waals surface area contributed by atoms with Crippen LogP contribution in [0.1, 0.15) is 37.1 Å². The zero-order valence-electron chi connectivity index (χ0n) is 11.6. The van der Waals surface area contributed by atoms with Gasteiger partial charge in [-0.3, -0.25) is 4.98 Å². The standard InChI is InChI=1S/C16H20N2O/c1-12(14-8-10-17-11-9-14)18-13(2)15-6-4-5-7-16(15)19-3/h4-13,18H,1-3H3/t12-,13?/m1/s1. The Labute approximate surface area is 114 Å². The maximum atomic E-state index is 5.40. The van der Waals surface area contributed by atoms with Gasteiger partial charge in [-0.25, -0.2) is 0 Å². The van der Waals surface area contributed by atoms with Gasteiger partial charge in [0.05, 0.1) is 7.11 Å². The summed E-state index contributed by atoms with van der Waals surface area (Å²) in [5.74, 6) is 0.921. The minimum absolute atomic E-state index is 0.222. The van der Waals surface area contributed by atoms with Crippen LogP contribution >= 0.6 is 0 Å². The first-order valence-corrected chi connectivity index (χ1v) is 6.51. The van der Waals surface area contributed by atoms with E-state index >= 15 is 0 Å². The van der Waals surface area contributed by atoms with Crippen molar-refractivity contribution in [3.63, 3.8) is 0 Å². The number of aromatic nitrogens is 1. The van der Waals surface area contributed by atoms with E-state index in [2.05, 4.69) is 30.2 Å². The Balaban J connectivity index is 2.11. The van der Waals surface area contributed by atoms with Crippen molar-refractivity contribution < 1.29 is 4.74 Å². The highest BCUT2D eigenvalue weighted by Gasteiger charge is 2.14. The summed E-state index contributed by atoms with van der Waals surface area (Å²) in [5.41, 5.74) is 2.41. The second-order valence-electron chi connectivity index (χ2n) is 4.63. The molecule has 1 N–H and O–H groups in total. The van der Waals surface area contributed by atoms with E-state index in [1.807, 2.05) is 42.7 Å². The predicted octanol–water partition coefficient (Wildman–Crippen LogP) is 3.50. The lowest BCUT2D eigenvalue weighted by atomic mass is 10.0. The van der Waals surface area contributed by atoms with Crippen LogP contribution in [-0.2, 0) is 0 Å². The second kappa shape index (κ2) is 6.34. The molecule has 0 amide bonds. The minimum atomic E-state index is 0.222. The zero-order chi connectivity index (χ0) is 13.7. The van der Waals surface area contributed by atoms with E-state index < -0.39 is 0 Å². The molecule has 2 atom stereocenters. The number of pyridine rings is 1. The van der Waals surface area contributed by atoms with Gasteiger partial charge in [-0.1, -0.05) is 18.2 Å². The van der Waals surface area contributed by atoms with Gasteiger partial charge in [0.2, 0.25) is 0 Å². The Morgan fingerprint density at radius 3 is 2.37 bits per heavy atom. The van der Waals surface area contributed by atoms with Gasteiger partial charge < -0.3 is 10.1 Å². The molecule has 0 radical (unpaired) electrons. The predicted molar refractivity (Wildman–Crippen MR) is 77.2 cm³/mol. The molecule has 0 spiro atoms. The number of ether oxygens (including phenoxy) is 1. The third-order valence-electron chi connectivity index (χ3n) is 3.31. The van der Waals surface area contributed by atoms with Crippen LogP contribution in [-0.4, -0.2) is 12.1 Å². The van der Waals surface area contributed by atoms with Crippen molar-refractivity contribution in [1.29, 1.82) is 0 Å². The smallest absolute Gasteiger partial charge is 0.123 e. The van der Waals surface area contributed by atoms with Crippen LogP contribution in [0.25, 0.3) is 0 Å². The first-order chi connectivity index (χ1) is 9.22. The third kappa shape index (κ3) is 3.32. The fraction of sp³-hybridized carbons (Fsp3) is 0.312. The number of benzene rings is 1. The van der Waals surface area contributed by atoms with E-state index in [4.69, 9.17) is 4.74 Å². The molecule has 0 saturated carbocycles. The monoisotopic (exact) mass is 256 g/mol. The van der Waals surface area contributed by atoms with E-state index in [0.29, 0.717) is 0 Å². The normalized spacial score (nSPS) is 13.8. The first kappa shape index (κ1) is 13.6. The van der Waals surface area contributed by atoms with Crippen LogP contribution in [0.2, 0.25) is 0 Å². The fourth-order valence-corrected chi connectivity index (χ4v) is 2.24. The van der Waals surface area contributed by atoms with Crippen LogP contribution in [0.4, 0.5) is 0 Å². The lowest BCUT2D eigenvalue weighted by Gasteiger charge is -2.22. The minimum Gasteiger partial charge on any atom is -0.496 e. The van der Waals surface area contributed by atoms with Crippen molar-refractivity contribution in [3.05, 3.63) is 59.9 Å². The van der Waals surface area contributed by atoms with Crippen LogP contribution in [0.3, 0.4) is 0 Å². The number of nitrogens with zero attached hydrogens (tertiary/aromatic N) is 1. The van der Waals surface area contributed by atoms with Crippen molar-refractivity contribution in [2.45, 2.75) is 25.9 Å². The molecule has 0 aliphatic rings. The molecule has 19 heavy (non-hydrogen) atoms. The molecular weight excluding hydrogens is 236 g/mol. The molecular formula is C16H20N2O. The lowest BCUT2D eigenvalue weighted by Crippen LogP contribution is -2.22. The molecule has 2 rings (SSSR count). The number of hydrogen-bond acceptors (Lipinski definition) is 3. The molecule has 0 aliphatic carbocycles. The summed E-state index contributed by atoms with van der Waals surface area (Å²) in [7, 11) is 1.71.